The molecule has 2 N–H and O–H groups in total. The molecule has 0 radical (unpaired) electrons. The zero-order chi connectivity index (χ0) is 13.8. The highest BCUT2D eigenvalue weighted by Crippen LogP contribution is 2.09. The van der Waals surface area contributed by atoms with Gasteiger partial charge in [-0.3, -0.25) is 4.79 Å². The monoisotopic (exact) mass is 272 g/mol. The molecule has 0 saturated carbocycles. The molecule has 0 aliphatic heterocycles. The zero-order valence-corrected chi connectivity index (χ0v) is 11.1. The number of phenolic OH excluding ortho intramolecular Hbond substituents is 1. The lowest BCUT2D eigenvalue weighted by atomic mass is 10.2. The van der Waals surface area contributed by atoms with Crippen LogP contribution in [0, 0.1) is 0 Å². The maximum Gasteiger partial charge on any atom is 0.251 e. The molecule has 0 aliphatic carbocycles. The number of benzene rings is 1. The Morgan fingerprint density at radius 3 is 2.33 bits per heavy atom. The molecule has 18 heavy (non-hydrogen) atoms. The fraction of sp³-hybridized carbons (Fsp3) is 0.364. The summed E-state index contributed by atoms with van der Waals surface area (Å²) in [5.74, 6) is -0.449. The fourth-order valence-corrected chi connectivity index (χ4v) is 1.92. The highest BCUT2D eigenvalue weighted by Gasteiger charge is 2.14. The zero-order valence-electron chi connectivity index (χ0n) is 10.3. The summed E-state index contributed by atoms with van der Waals surface area (Å²) >= 11 is 0. The number of hydrogen-bond acceptors (Lipinski definition) is 4. The third kappa shape index (κ3) is 4.01. The quantitative estimate of drug-likeness (QED) is 0.790. The number of carbonyl (C=O) groups excluding carboxylic acids is 1. The molecule has 100 valence electrons. The third-order valence-electron chi connectivity index (χ3n) is 2.33. The summed E-state index contributed by atoms with van der Waals surface area (Å²) in [5, 5.41) is 11.6. The first-order chi connectivity index (χ1) is 8.33. The molecular weight excluding hydrogens is 256 g/mol. The second-order valence-electron chi connectivity index (χ2n) is 3.90. The summed E-state index contributed by atoms with van der Waals surface area (Å²) in [6, 6.07) is 5.72. The van der Waals surface area contributed by atoms with Crippen molar-refractivity contribution in [1.82, 2.24) is 9.62 Å². The first-order valence-electron chi connectivity index (χ1n) is 5.30. The van der Waals surface area contributed by atoms with E-state index in [9.17, 15) is 13.2 Å². The van der Waals surface area contributed by atoms with Gasteiger partial charge in [-0.25, -0.2) is 12.7 Å². The van der Waals surface area contributed by atoms with Crippen LogP contribution in [0.5, 0.6) is 5.75 Å². The standard InChI is InChI=1S/C11H16N2O4S/c1-13(2)18(16,17)8-7-12-11(15)9-3-5-10(14)6-4-9/h3-6,14H,7-8H2,1-2H3,(H,12,15). The van der Waals surface area contributed by atoms with Crippen LogP contribution in [0.2, 0.25) is 0 Å². The average molecular weight is 272 g/mol. The number of phenols is 1. The summed E-state index contributed by atoms with van der Waals surface area (Å²) < 4.78 is 24.0. The molecule has 0 saturated heterocycles. The van der Waals surface area contributed by atoms with Gasteiger partial charge < -0.3 is 10.4 Å². The molecule has 1 rings (SSSR count). The molecule has 0 fully saturated rings. The van der Waals surface area contributed by atoms with Crippen LogP contribution in [0.15, 0.2) is 24.3 Å². The largest absolute Gasteiger partial charge is 0.508 e. The fourth-order valence-electron chi connectivity index (χ4n) is 1.19. The van der Waals surface area contributed by atoms with Crippen molar-refractivity contribution < 1.29 is 18.3 Å². The molecule has 0 atom stereocenters. The Morgan fingerprint density at radius 2 is 1.83 bits per heavy atom. The van der Waals surface area contributed by atoms with Crippen LogP contribution >= 0.6 is 0 Å². The van der Waals surface area contributed by atoms with Crippen LogP contribution < -0.4 is 5.32 Å². The van der Waals surface area contributed by atoms with Crippen molar-refractivity contribution >= 4 is 15.9 Å². The minimum absolute atomic E-state index is 0.0419. The summed E-state index contributed by atoms with van der Waals surface area (Å²) in [5.41, 5.74) is 0.370. The number of amides is 1. The molecule has 1 aromatic rings. The summed E-state index contributed by atoms with van der Waals surface area (Å²) in [7, 11) is -0.421. The van der Waals surface area contributed by atoms with Gasteiger partial charge in [0, 0.05) is 26.2 Å². The maximum absolute atomic E-state index is 11.6. The lowest BCUT2D eigenvalue weighted by Crippen LogP contribution is -2.33. The number of nitrogens with one attached hydrogen (secondary N) is 1. The minimum atomic E-state index is -3.30. The van der Waals surface area contributed by atoms with Crippen molar-refractivity contribution in [3.05, 3.63) is 29.8 Å². The molecule has 0 heterocycles. The Kier molecular flexibility index (Phi) is 4.69. The highest BCUT2D eigenvalue weighted by atomic mass is 32.2. The van der Waals surface area contributed by atoms with Crippen LogP contribution in [0.1, 0.15) is 10.4 Å². The van der Waals surface area contributed by atoms with Gasteiger partial charge in [0.05, 0.1) is 5.75 Å². The SMILES string of the molecule is CN(C)S(=O)(=O)CCNC(=O)c1ccc(O)cc1. The van der Waals surface area contributed by atoms with Crippen molar-refractivity contribution in [3.8, 4) is 5.75 Å². The van der Waals surface area contributed by atoms with Gasteiger partial charge in [0.15, 0.2) is 0 Å². The number of carbonyl (C=O) groups is 1. The Bertz CT molecular complexity index is 508. The van der Waals surface area contributed by atoms with Crippen molar-refractivity contribution in [2.45, 2.75) is 0 Å². The summed E-state index contributed by atoms with van der Waals surface area (Å²) in [6.45, 7) is 0.0419. The molecular formula is C11H16N2O4S. The molecule has 1 aromatic carbocycles. The molecule has 7 heteroatoms. The lowest BCUT2D eigenvalue weighted by Gasteiger charge is -2.11. The van der Waals surface area contributed by atoms with E-state index < -0.39 is 10.0 Å². The van der Waals surface area contributed by atoms with Gasteiger partial charge >= 0.3 is 0 Å². The van der Waals surface area contributed by atoms with Crippen molar-refractivity contribution in [3.63, 3.8) is 0 Å². The first-order valence-corrected chi connectivity index (χ1v) is 6.91. The van der Waals surface area contributed by atoms with E-state index in [0.29, 0.717) is 5.56 Å². The van der Waals surface area contributed by atoms with Crippen molar-refractivity contribution in [1.29, 1.82) is 0 Å². The average Bonchev–Trinajstić information content (AvgIpc) is 2.29. The normalized spacial score (nSPS) is 11.5. The Balaban J connectivity index is 2.50. The third-order valence-corrected chi connectivity index (χ3v) is 4.16. The van der Waals surface area contributed by atoms with E-state index in [0.717, 1.165) is 4.31 Å². The van der Waals surface area contributed by atoms with E-state index in [2.05, 4.69) is 5.32 Å². The molecule has 0 bridgehead atoms. The Morgan fingerprint density at radius 1 is 1.28 bits per heavy atom. The van der Waals surface area contributed by atoms with E-state index in [1.54, 1.807) is 0 Å². The predicted octanol–water partition coefficient (Wildman–Crippen LogP) is 0.0134. The number of sulfonamides is 1. The van der Waals surface area contributed by atoms with Crippen LogP contribution in [0.4, 0.5) is 0 Å². The van der Waals surface area contributed by atoms with E-state index in [1.165, 1.54) is 38.4 Å². The summed E-state index contributed by atoms with van der Waals surface area (Å²) in [4.78, 5) is 11.6. The molecule has 6 nitrogen and oxygen atoms in total. The van der Waals surface area contributed by atoms with Crippen molar-refractivity contribution in [2.75, 3.05) is 26.4 Å². The van der Waals surface area contributed by atoms with Crippen molar-refractivity contribution in [2.24, 2.45) is 0 Å². The Hall–Kier alpha value is -1.60. The lowest BCUT2D eigenvalue weighted by molar-refractivity contribution is 0.0956. The molecule has 0 spiro atoms. The van der Waals surface area contributed by atoms with Crippen LogP contribution in [0.25, 0.3) is 0 Å². The van der Waals surface area contributed by atoms with Gasteiger partial charge in [-0.2, -0.15) is 0 Å². The number of rotatable bonds is 5. The van der Waals surface area contributed by atoms with Gasteiger partial charge in [0.2, 0.25) is 10.0 Å². The van der Waals surface area contributed by atoms with E-state index >= 15 is 0 Å². The first kappa shape index (κ1) is 14.5. The second-order valence-corrected chi connectivity index (χ2v) is 6.20. The highest BCUT2D eigenvalue weighted by molar-refractivity contribution is 7.89. The molecule has 0 aromatic heterocycles. The molecule has 0 aliphatic rings. The van der Waals surface area contributed by atoms with Gasteiger partial charge in [0.25, 0.3) is 5.91 Å². The maximum atomic E-state index is 11.6. The molecule has 0 unspecified atom stereocenters. The topological polar surface area (TPSA) is 86.7 Å². The smallest absolute Gasteiger partial charge is 0.251 e. The van der Waals surface area contributed by atoms with Gasteiger partial charge in [0.1, 0.15) is 5.75 Å². The predicted molar refractivity (Wildman–Crippen MR) is 67.9 cm³/mol. The number of nitrogens with zero attached hydrogens (tertiary/aromatic N) is 1. The Labute approximate surface area is 106 Å². The van der Waals surface area contributed by atoms with E-state index in [4.69, 9.17) is 5.11 Å². The van der Waals surface area contributed by atoms with E-state index in [1.807, 2.05) is 0 Å². The van der Waals surface area contributed by atoms with Crippen LogP contribution in [-0.4, -0.2) is 50.1 Å². The van der Waals surface area contributed by atoms with Gasteiger partial charge in [-0.1, -0.05) is 0 Å². The number of aromatic hydroxyl groups is 1. The number of hydrogen-bond donors (Lipinski definition) is 2. The second kappa shape index (κ2) is 5.83. The van der Waals surface area contributed by atoms with Crippen LogP contribution in [0.3, 0.4) is 0 Å². The van der Waals surface area contributed by atoms with Gasteiger partial charge in [-0.15, -0.1) is 0 Å². The minimum Gasteiger partial charge on any atom is -0.508 e. The van der Waals surface area contributed by atoms with Gasteiger partial charge in [-0.05, 0) is 24.3 Å². The van der Waals surface area contributed by atoms with Crippen LogP contribution in [-0.2, 0) is 10.0 Å². The molecule has 1 amide bonds. The van der Waals surface area contributed by atoms with E-state index in [-0.39, 0.29) is 24.0 Å². The summed E-state index contributed by atoms with van der Waals surface area (Å²) in [6.07, 6.45) is 0.